The maximum absolute atomic E-state index is 4.66. The van der Waals surface area contributed by atoms with Crippen LogP contribution in [0.2, 0.25) is 0 Å². The molecule has 0 radical (unpaired) electrons. The molecule has 1 N–H and O–H groups in total. The number of fused-ring (bicyclic) bond motifs is 1. The molecule has 2 aromatic carbocycles. The zero-order chi connectivity index (χ0) is 13.9. The summed E-state index contributed by atoms with van der Waals surface area (Å²) >= 11 is 0. The van der Waals surface area contributed by atoms with Gasteiger partial charge in [0.05, 0.1) is 17.6 Å². The predicted molar refractivity (Wildman–Crippen MR) is 83.9 cm³/mol. The lowest BCUT2D eigenvalue weighted by Gasteiger charge is -2.07. The standard InChI is InChI=1S/C17H19N3/c1-3-13-8-10-14(11-9-13)18-12-17-19-15-6-4-5-7-16(15)20(17)2/h4-11,18H,3,12H2,1-2H3. The van der Waals surface area contributed by atoms with E-state index in [1.54, 1.807) is 0 Å². The van der Waals surface area contributed by atoms with E-state index >= 15 is 0 Å². The van der Waals surface area contributed by atoms with Crippen LogP contribution in [0, 0.1) is 0 Å². The fourth-order valence-corrected chi connectivity index (χ4v) is 2.39. The Bertz CT molecular complexity index is 711. The van der Waals surface area contributed by atoms with Gasteiger partial charge in [-0.25, -0.2) is 4.98 Å². The van der Waals surface area contributed by atoms with Gasteiger partial charge in [0.15, 0.2) is 0 Å². The number of hydrogen-bond acceptors (Lipinski definition) is 2. The van der Waals surface area contributed by atoms with E-state index in [9.17, 15) is 0 Å². The third kappa shape index (κ3) is 2.39. The topological polar surface area (TPSA) is 29.9 Å². The molecular formula is C17H19N3. The Morgan fingerprint density at radius 3 is 2.50 bits per heavy atom. The molecule has 0 bridgehead atoms. The molecule has 3 rings (SSSR count). The Hall–Kier alpha value is -2.29. The zero-order valence-electron chi connectivity index (χ0n) is 11.9. The zero-order valence-corrected chi connectivity index (χ0v) is 11.9. The lowest BCUT2D eigenvalue weighted by Crippen LogP contribution is -2.05. The smallest absolute Gasteiger partial charge is 0.128 e. The number of benzene rings is 2. The molecule has 0 spiro atoms. The molecule has 0 aliphatic heterocycles. The van der Waals surface area contributed by atoms with Crippen LogP contribution in [0.1, 0.15) is 18.3 Å². The predicted octanol–water partition coefficient (Wildman–Crippen LogP) is 3.75. The summed E-state index contributed by atoms with van der Waals surface area (Å²) in [5.41, 5.74) is 4.71. The Balaban J connectivity index is 1.77. The second-order valence-corrected chi connectivity index (χ2v) is 4.98. The maximum Gasteiger partial charge on any atom is 0.128 e. The quantitative estimate of drug-likeness (QED) is 0.778. The van der Waals surface area contributed by atoms with Crippen LogP contribution in [-0.2, 0) is 20.0 Å². The van der Waals surface area contributed by atoms with E-state index in [0.717, 1.165) is 30.0 Å². The SMILES string of the molecule is CCc1ccc(NCc2nc3ccccc3n2C)cc1. The Labute approximate surface area is 119 Å². The summed E-state index contributed by atoms with van der Waals surface area (Å²) in [4.78, 5) is 4.66. The molecule has 20 heavy (non-hydrogen) atoms. The van der Waals surface area contributed by atoms with Gasteiger partial charge in [-0.05, 0) is 36.2 Å². The van der Waals surface area contributed by atoms with Crippen molar-refractivity contribution in [2.24, 2.45) is 7.05 Å². The summed E-state index contributed by atoms with van der Waals surface area (Å²) in [5.74, 6) is 1.05. The molecule has 0 saturated heterocycles. The normalized spacial score (nSPS) is 10.9. The van der Waals surface area contributed by atoms with Gasteiger partial charge in [0.2, 0.25) is 0 Å². The van der Waals surface area contributed by atoms with Gasteiger partial charge < -0.3 is 9.88 Å². The van der Waals surface area contributed by atoms with Crippen molar-refractivity contribution in [3.63, 3.8) is 0 Å². The second kappa shape index (κ2) is 5.37. The van der Waals surface area contributed by atoms with Crippen LogP contribution < -0.4 is 5.32 Å². The summed E-state index contributed by atoms with van der Waals surface area (Å²) < 4.78 is 2.14. The maximum atomic E-state index is 4.66. The molecule has 0 atom stereocenters. The third-order valence-electron chi connectivity index (χ3n) is 3.69. The molecule has 102 valence electrons. The lowest BCUT2D eigenvalue weighted by molar-refractivity contribution is 0.834. The van der Waals surface area contributed by atoms with Crippen LogP contribution in [-0.4, -0.2) is 9.55 Å². The van der Waals surface area contributed by atoms with Crippen LogP contribution in [0.15, 0.2) is 48.5 Å². The number of aryl methyl sites for hydroxylation is 2. The Morgan fingerprint density at radius 2 is 1.80 bits per heavy atom. The average Bonchev–Trinajstić information content (AvgIpc) is 2.83. The summed E-state index contributed by atoms with van der Waals surface area (Å²) in [6, 6.07) is 16.8. The molecule has 0 aliphatic carbocycles. The highest BCUT2D eigenvalue weighted by molar-refractivity contribution is 5.75. The molecule has 0 amide bonds. The van der Waals surface area contributed by atoms with E-state index in [1.165, 1.54) is 11.1 Å². The molecule has 3 nitrogen and oxygen atoms in total. The van der Waals surface area contributed by atoms with Gasteiger partial charge in [0, 0.05) is 12.7 Å². The minimum Gasteiger partial charge on any atom is -0.378 e. The summed E-state index contributed by atoms with van der Waals surface area (Å²) in [7, 11) is 2.06. The largest absolute Gasteiger partial charge is 0.378 e. The fourth-order valence-electron chi connectivity index (χ4n) is 2.39. The minimum absolute atomic E-state index is 0.733. The van der Waals surface area contributed by atoms with Crippen molar-refractivity contribution in [3.05, 3.63) is 59.9 Å². The minimum atomic E-state index is 0.733. The van der Waals surface area contributed by atoms with Crippen molar-refractivity contribution >= 4 is 16.7 Å². The highest BCUT2D eigenvalue weighted by atomic mass is 15.1. The Morgan fingerprint density at radius 1 is 1.05 bits per heavy atom. The summed E-state index contributed by atoms with van der Waals surface area (Å²) in [6.45, 7) is 2.90. The van der Waals surface area contributed by atoms with Gasteiger partial charge in [0.1, 0.15) is 5.82 Å². The number of imidazole rings is 1. The number of para-hydroxylation sites is 2. The number of aromatic nitrogens is 2. The number of nitrogens with one attached hydrogen (secondary N) is 1. The average molecular weight is 265 g/mol. The highest BCUT2D eigenvalue weighted by Crippen LogP contribution is 2.16. The van der Waals surface area contributed by atoms with Gasteiger partial charge in [-0.15, -0.1) is 0 Å². The highest BCUT2D eigenvalue weighted by Gasteiger charge is 2.06. The third-order valence-corrected chi connectivity index (χ3v) is 3.69. The Kier molecular flexibility index (Phi) is 3.42. The van der Waals surface area contributed by atoms with Gasteiger partial charge >= 0.3 is 0 Å². The molecule has 3 aromatic rings. The number of rotatable bonds is 4. The van der Waals surface area contributed by atoms with Crippen molar-refractivity contribution < 1.29 is 0 Å². The van der Waals surface area contributed by atoms with Gasteiger partial charge in [-0.2, -0.15) is 0 Å². The van der Waals surface area contributed by atoms with Crippen molar-refractivity contribution in [1.82, 2.24) is 9.55 Å². The molecule has 1 aromatic heterocycles. The fraction of sp³-hybridized carbons (Fsp3) is 0.235. The van der Waals surface area contributed by atoms with E-state index < -0.39 is 0 Å². The molecule has 3 heteroatoms. The summed E-state index contributed by atoms with van der Waals surface area (Å²) in [5, 5.41) is 3.43. The van der Waals surface area contributed by atoms with E-state index in [4.69, 9.17) is 0 Å². The van der Waals surface area contributed by atoms with Crippen LogP contribution in [0.25, 0.3) is 11.0 Å². The molecule has 0 fully saturated rings. The van der Waals surface area contributed by atoms with Gasteiger partial charge in [0.25, 0.3) is 0 Å². The van der Waals surface area contributed by atoms with E-state index in [-0.39, 0.29) is 0 Å². The number of nitrogens with zero attached hydrogens (tertiary/aromatic N) is 2. The number of anilines is 1. The molecule has 1 heterocycles. The van der Waals surface area contributed by atoms with E-state index in [1.807, 2.05) is 12.1 Å². The monoisotopic (exact) mass is 265 g/mol. The first-order valence-electron chi connectivity index (χ1n) is 7.01. The van der Waals surface area contributed by atoms with E-state index in [0.29, 0.717) is 0 Å². The molecule has 0 saturated carbocycles. The summed E-state index contributed by atoms with van der Waals surface area (Å²) in [6.07, 6.45) is 1.07. The molecule has 0 unspecified atom stereocenters. The van der Waals surface area contributed by atoms with Crippen molar-refractivity contribution in [2.75, 3.05) is 5.32 Å². The first-order valence-corrected chi connectivity index (χ1v) is 7.01. The van der Waals surface area contributed by atoms with Crippen LogP contribution >= 0.6 is 0 Å². The van der Waals surface area contributed by atoms with Crippen LogP contribution in [0.4, 0.5) is 5.69 Å². The molecular weight excluding hydrogens is 246 g/mol. The number of hydrogen-bond donors (Lipinski definition) is 1. The first kappa shape index (κ1) is 12.7. The first-order chi connectivity index (χ1) is 9.78. The molecule has 0 aliphatic rings. The van der Waals surface area contributed by atoms with E-state index in [2.05, 4.69) is 65.2 Å². The van der Waals surface area contributed by atoms with Gasteiger partial charge in [-0.1, -0.05) is 31.2 Å². The van der Waals surface area contributed by atoms with Crippen molar-refractivity contribution in [2.45, 2.75) is 19.9 Å². The van der Waals surface area contributed by atoms with Crippen molar-refractivity contribution in [1.29, 1.82) is 0 Å². The van der Waals surface area contributed by atoms with Crippen molar-refractivity contribution in [3.8, 4) is 0 Å². The second-order valence-electron chi connectivity index (χ2n) is 4.98. The van der Waals surface area contributed by atoms with Crippen LogP contribution in [0.5, 0.6) is 0 Å². The van der Waals surface area contributed by atoms with Crippen LogP contribution in [0.3, 0.4) is 0 Å². The lowest BCUT2D eigenvalue weighted by atomic mass is 10.1. The van der Waals surface area contributed by atoms with Gasteiger partial charge in [-0.3, -0.25) is 0 Å².